The van der Waals surface area contributed by atoms with Crippen LogP contribution in [0.3, 0.4) is 0 Å². The Labute approximate surface area is 118 Å². The van der Waals surface area contributed by atoms with Crippen molar-refractivity contribution in [3.63, 3.8) is 0 Å². The summed E-state index contributed by atoms with van der Waals surface area (Å²) < 4.78 is 0. The zero-order valence-corrected chi connectivity index (χ0v) is 11.8. The van der Waals surface area contributed by atoms with Gasteiger partial charge in [0.15, 0.2) is 0 Å². The average Bonchev–Trinajstić information content (AvgIpc) is 3.00. The summed E-state index contributed by atoms with van der Waals surface area (Å²) in [5, 5.41) is 10.0. The molecule has 0 aliphatic carbocycles. The quantitative estimate of drug-likeness (QED) is 0.843. The van der Waals surface area contributed by atoms with Gasteiger partial charge in [-0.25, -0.2) is 0 Å². The number of hydrogen-bond donors (Lipinski definition) is 2. The van der Waals surface area contributed by atoms with Gasteiger partial charge in [-0.3, -0.25) is 14.9 Å². The maximum atomic E-state index is 12.2. The lowest BCUT2D eigenvalue weighted by Crippen LogP contribution is -2.31. The highest BCUT2D eigenvalue weighted by Crippen LogP contribution is 2.11. The number of nitrogens with one attached hydrogen (secondary N) is 2. The standard InChI is InChI=1S/C14H19N5O/c1-3-19(4-2)14(20)13-9-11(5-7-15-13)16-10-12-6-8-17-18-12/h5-9H,3-4,10H2,1-2H3,(H,15,16)(H,17,18). The summed E-state index contributed by atoms with van der Waals surface area (Å²) >= 11 is 0. The van der Waals surface area contributed by atoms with Gasteiger partial charge in [0.05, 0.1) is 12.2 Å². The minimum atomic E-state index is -0.0415. The van der Waals surface area contributed by atoms with E-state index in [0.29, 0.717) is 25.3 Å². The number of carbonyl (C=O) groups excluding carboxylic acids is 1. The molecule has 6 nitrogen and oxygen atoms in total. The van der Waals surface area contributed by atoms with Crippen LogP contribution in [0.5, 0.6) is 0 Å². The molecule has 2 aromatic rings. The molecular weight excluding hydrogens is 254 g/mol. The molecule has 2 heterocycles. The molecule has 2 aromatic heterocycles. The van der Waals surface area contributed by atoms with Gasteiger partial charge in [0, 0.05) is 31.2 Å². The van der Waals surface area contributed by atoms with Crippen molar-refractivity contribution < 1.29 is 4.79 Å². The van der Waals surface area contributed by atoms with E-state index in [1.54, 1.807) is 23.4 Å². The fraction of sp³-hybridized carbons (Fsp3) is 0.357. The van der Waals surface area contributed by atoms with Crippen molar-refractivity contribution in [2.24, 2.45) is 0 Å². The molecule has 6 heteroatoms. The summed E-state index contributed by atoms with van der Waals surface area (Å²) in [5.41, 5.74) is 2.31. The van der Waals surface area contributed by atoms with Crippen LogP contribution in [-0.4, -0.2) is 39.1 Å². The van der Waals surface area contributed by atoms with Crippen LogP contribution in [0.2, 0.25) is 0 Å². The number of aromatic nitrogens is 3. The number of nitrogens with zero attached hydrogens (tertiary/aromatic N) is 3. The molecule has 106 valence electrons. The zero-order valence-electron chi connectivity index (χ0n) is 11.8. The van der Waals surface area contributed by atoms with Crippen molar-refractivity contribution in [3.8, 4) is 0 Å². The van der Waals surface area contributed by atoms with E-state index in [9.17, 15) is 4.79 Å². The van der Waals surface area contributed by atoms with Gasteiger partial charge in [0.25, 0.3) is 5.91 Å². The zero-order chi connectivity index (χ0) is 14.4. The number of anilines is 1. The predicted octanol–water partition coefficient (Wildman–Crippen LogP) is 1.90. The monoisotopic (exact) mass is 273 g/mol. The first kappa shape index (κ1) is 14.0. The average molecular weight is 273 g/mol. The van der Waals surface area contributed by atoms with Crippen molar-refractivity contribution in [2.45, 2.75) is 20.4 Å². The Morgan fingerprint density at radius 2 is 2.10 bits per heavy atom. The number of rotatable bonds is 6. The molecule has 20 heavy (non-hydrogen) atoms. The smallest absolute Gasteiger partial charge is 0.272 e. The van der Waals surface area contributed by atoms with Crippen molar-refractivity contribution in [2.75, 3.05) is 18.4 Å². The molecule has 2 rings (SSSR count). The van der Waals surface area contributed by atoms with Crippen molar-refractivity contribution in [1.29, 1.82) is 0 Å². The number of hydrogen-bond acceptors (Lipinski definition) is 4. The molecule has 0 unspecified atom stereocenters. The van der Waals surface area contributed by atoms with Gasteiger partial charge in [-0.1, -0.05) is 0 Å². The third-order valence-corrected chi connectivity index (χ3v) is 3.07. The molecule has 0 aromatic carbocycles. The second-order valence-corrected chi connectivity index (χ2v) is 4.34. The van der Waals surface area contributed by atoms with Gasteiger partial charge in [0.1, 0.15) is 5.69 Å². The van der Waals surface area contributed by atoms with Crippen LogP contribution in [0.25, 0.3) is 0 Å². The van der Waals surface area contributed by atoms with Gasteiger partial charge in [-0.15, -0.1) is 0 Å². The van der Waals surface area contributed by atoms with Gasteiger partial charge < -0.3 is 10.2 Å². The fourth-order valence-corrected chi connectivity index (χ4v) is 1.91. The van der Waals surface area contributed by atoms with Crippen LogP contribution >= 0.6 is 0 Å². The second-order valence-electron chi connectivity index (χ2n) is 4.34. The molecule has 0 radical (unpaired) electrons. The first-order valence-electron chi connectivity index (χ1n) is 6.72. The third-order valence-electron chi connectivity index (χ3n) is 3.07. The van der Waals surface area contributed by atoms with Crippen LogP contribution in [0.1, 0.15) is 30.0 Å². The molecule has 0 bridgehead atoms. The van der Waals surface area contributed by atoms with Crippen LogP contribution in [0.15, 0.2) is 30.6 Å². The van der Waals surface area contributed by atoms with E-state index in [1.165, 1.54) is 0 Å². The molecule has 0 fully saturated rings. The molecule has 0 atom stereocenters. The lowest BCUT2D eigenvalue weighted by Gasteiger charge is -2.18. The fourth-order valence-electron chi connectivity index (χ4n) is 1.91. The summed E-state index contributed by atoms with van der Waals surface area (Å²) in [6, 6.07) is 5.52. The van der Waals surface area contributed by atoms with Crippen molar-refractivity contribution in [3.05, 3.63) is 42.0 Å². The van der Waals surface area contributed by atoms with Gasteiger partial charge in [0.2, 0.25) is 0 Å². The number of H-pyrrole nitrogens is 1. The van der Waals surface area contributed by atoms with Crippen LogP contribution in [0, 0.1) is 0 Å². The molecule has 0 aliphatic heterocycles. The number of pyridine rings is 1. The Morgan fingerprint density at radius 1 is 1.30 bits per heavy atom. The molecule has 0 spiro atoms. The van der Waals surface area contributed by atoms with Crippen molar-refractivity contribution >= 4 is 11.6 Å². The van der Waals surface area contributed by atoms with Gasteiger partial charge in [-0.05, 0) is 32.0 Å². The Morgan fingerprint density at radius 3 is 2.75 bits per heavy atom. The summed E-state index contributed by atoms with van der Waals surface area (Å²) in [5.74, 6) is -0.0415. The first-order chi connectivity index (χ1) is 9.74. The summed E-state index contributed by atoms with van der Waals surface area (Å²) in [4.78, 5) is 18.1. The summed E-state index contributed by atoms with van der Waals surface area (Å²) in [6.45, 7) is 5.91. The Kier molecular flexibility index (Phi) is 4.70. The number of amides is 1. The topological polar surface area (TPSA) is 73.9 Å². The highest BCUT2D eigenvalue weighted by Gasteiger charge is 2.13. The van der Waals surface area contributed by atoms with Gasteiger partial charge in [-0.2, -0.15) is 5.10 Å². The molecule has 0 saturated carbocycles. The second kappa shape index (κ2) is 6.70. The van der Waals surface area contributed by atoms with Crippen LogP contribution in [-0.2, 0) is 6.54 Å². The van der Waals surface area contributed by atoms with Crippen molar-refractivity contribution in [1.82, 2.24) is 20.1 Å². The molecule has 0 aliphatic rings. The number of carbonyl (C=O) groups is 1. The minimum Gasteiger partial charge on any atom is -0.379 e. The van der Waals surface area contributed by atoms with E-state index >= 15 is 0 Å². The minimum absolute atomic E-state index is 0.0415. The Hall–Kier alpha value is -2.37. The van der Waals surface area contributed by atoms with Gasteiger partial charge >= 0.3 is 0 Å². The van der Waals surface area contributed by atoms with E-state index in [-0.39, 0.29) is 5.91 Å². The highest BCUT2D eigenvalue weighted by atomic mass is 16.2. The first-order valence-corrected chi connectivity index (χ1v) is 6.72. The largest absolute Gasteiger partial charge is 0.379 e. The van der Waals surface area contributed by atoms with Crippen LogP contribution in [0.4, 0.5) is 5.69 Å². The third kappa shape index (κ3) is 3.34. The van der Waals surface area contributed by atoms with E-state index in [4.69, 9.17) is 0 Å². The lowest BCUT2D eigenvalue weighted by atomic mass is 10.2. The number of aromatic amines is 1. The highest BCUT2D eigenvalue weighted by molar-refractivity contribution is 5.93. The SMILES string of the molecule is CCN(CC)C(=O)c1cc(NCc2ccn[nH]2)ccn1. The molecule has 0 saturated heterocycles. The predicted molar refractivity (Wildman–Crippen MR) is 77.4 cm³/mol. The Balaban J connectivity index is 2.05. The Bertz CT molecular complexity index is 548. The maximum Gasteiger partial charge on any atom is 0.272 e. The summed E-state index contributed by atoms with van der Waals surface area (Å²) in [7, 11) is 0. The molecule has 1 amide bonds. The maximum absolute atomic E-state index is 12.2. The normalized spacial score (nSPS) is 10.3. The molecular formula is C14H19N5O. The van der Waals surface area contributed by atoms with E-state index in [2.05, 4.69) is 20.5 Å². The lowest BCUT2D eigenvalue weighted by molar-refractivity contribution is 0.0767. The van der Waals surface area contributed by atoms with E-state index in [1.807, 2.05) is 26.0 Å². The summed E-state index contributed by atoms with van der Waals surface area (Å²) in [6.07, 6.45) is 3.35. The van der Waals surface area contributed by atoms with E-state index in [0.717, 1.165) is 11.4 Å². The van der Waals surface area contributed by atoms with E-state index < -0.39 is 0 Å². The van der Waals surface area contributed by atoms with Crippen LogP contribution < -0.4 is 5.32 Å². The molecule has 2 N–H and O–H groups in total.